The Morgan fingerprint density at radius 1 is 1.42 bits per heavy atom. The molecule has 0 bridgehead atoms. The van der Waals surface area contributed by atoms with E-state index in [1.807, 2.05) is 26.8 Å². The van der Waals surface area contributed by atoms with E-state index in [1.165, 1.54) is 0 Å². The molecule has 0 fully saturated rings. The predicted molar refractivity (Wildman–Crippen MR) is 55.9 cm³/mol. The van der Waals surface area contributed by atoms with Crippen LogP contribution in [0.15, 0.2) is 21.7 Å². The van der Waals surface area contributed by atoms with Gasteiger partial charge in [-0.3, -0.25) is 0 Å². The summed E-state index contributed by atoms with van der Waals surface area (Å²) in [6.07, 6.45) is 1.85. The maximum absolute atomic E-state index is 6.17. The van der Waals surface area contributed by atoms with E-state index in [4.69, 9.17) is 34.8 Å². The third-order valence-electron chi connectivity index (χ3n) is 2.29. The van der Waals surface area contributed by atoms with Gasteiger partial charge in [0.2, 0.25) is 0 Å². The van der Waals surface area contributed by atoms with E-state index < -0.39 is 4.87 Å². The van der Waals surface area contributed by atoms with Crippen LogP contribution in [0.4, 0.5) is 0 Å². The van der Waals surface area contributed by atoms with Gasteiger partial charge in [-0.1, -0.05) is 30.1 Å². The average molecular weight is 226 g/mol. The highest BCUT2D eigenvalue weighted by Gasteiger charge is 2.31. The molecule has 1 aliphatic carbocycles. The highest BCUT2D eigenvalue weighted by Crippen LogP contribution is 2.42. The van der Waals surface area contributed by atoms with Crippen molar-refractivity contribution in [2.75, 3.05) is 0 Å². The molecule has 0 spiro atoms. The fraction of sp³-hybridized carbons (Fsp3) is 0.556. The molecule has 68 valence electrons. The predicted octanol–water partition coefficient (Wildman–Crippen LogP) is 4.27. The number of halogens is 3. The summed E-state index contributed by atoms with van der Waals surface area (Å²) in [4.78, 5) is -0.513. The molecule has 0 aliphatic heterocycles. The van der Waals surface area contributed by atoms with Crippen LogP contribution in [-0.4, -0.2) is 4.87 Å². The van der Waals surface area contributed by atoms with Crippen molar-refractivity contribution in [3.05, 3.63) is 21.7 Å². The second-order valence-electron chi connectivity index (χ2n) is 3.30. The van der Waals surface area contributed by atoms with Crippen LogP contribution in [0.2, 0.25) is 0 Å². The minimum Gasteiger partial charge on any atom is -0.110 e. The van der Waals surface area contributed by atoms with Gasteiger partial charge >= 0.3 is 0 Å². The van der Waals surface area contributed by atoms with Crippen molar-refractivity contribution in [3.63, 3.8) is 0 Å². The fourth-order valence-electron chi connectivity index (χ4n) is 1.17. The van der Waals surface area contributed by atoms with Gasteiger partial charge in [0.05, 0.1) is 4.87 Å². The molecule has 0 aromatic carbocycles. The number of hydrogen-bond donors (Lipinski definition) is 0. The van der Waals surface area contributed by atoms with Crippen LogP contribution in [0.5, 0.6) is 0 Å². The van der Waals surface area contributed by atoms with Crippen LogP contribution in [0.3, 0.4) is 0 Å². The van der Waals surface area contributed by atoms with Gasteiger partial charge in [-0.05, 0) is 25.5 Å². The van der Waals surface area contributed by atoms with Crippen LogP contribution in [0, 0.1) is 5.92 Å². The highest BCUT2D eigenvalue weighted by molar-refractivity contribution is 6.37. The first-order valence-electron chi connectivity index (χ1n) is 3.80. The van der Waals surface area contributed by atoms with Crippen LogP contribution >= 0.6 is 34.8 Å². The number of allylic oxidation sites excluding steroid dienone is 4. The Labute approximate surface area is 88.2 Å². The summed E-state index contributed by atoms with van der Waals surface area (Å²) in [5.41, 5.74) is 0.989. The number of alkyl halides is 1. The molecule has 0 saturated heterocycles. The van der Waals surface area contributed by atoms with Gasteiger partial charge in [0, 0.05) is 16.0 Å². The Balaban J connectivity index is 3.15. The summed E-state index contributed by atoms with van der Waals surface area (Å²) >= 11 is 18.2. The standard InChI is InChI=1S/C9H11Cl3/c1-5-7(10)4-9(3,12)6(2)8(5)11/h4-5H,1-3H3. The van der Waals surface area contributed by atoms with E-state index in [2.05, 4.69) is 0 Å². The van der Waals surface area contributed by atoms with Gasteiger partial charge in [-0.25, -0.2) is 0 Å². The first kappa shape index (κ1) is 10.4. The molecular weight excluding hydrogens is 214 g/mol. The van der Waals surface area contributed by atoms with Crippen LogP contribution in [0.1, 0.15) is 20.8 Å². The maximum atomic E-state index is 6.17. The molecule has 0 amide bonds. The third kappa shape index (κ3) is 1.66. The Hall–Kier alpha value is 0.350. The smallest absolute Gasteiger partial charge is 0.0833 e. The van der Waals surface area contributed by atoms with Crippen molar-refractivity contribution in [1.82, 2.24) is 0 Å². The molecule has 1 rings (SSSR count). The van der Waals surface area contributed by atoms with Gasteiger partial charge in [0.1, 0.15) is 0 Å². The Bertz CT molecular complexity index is 261. The molecule has 0 heterocycles. The van der Waals surface area contributed by atoms with Gasteiger partial charge in [0.15, 0.2) is 0 Å². The van der Waals surface area contributed by atoms with Gasteiger partial charge in [0.25, 0.3) is 0 Å². The van der Waals surface area contributed by atoms with E-state index in [0.717, 1.165) is 15.6 Å². The second kappa shape index (κ2) is 3.25. The fourth-order valence-corrected chi connectivity index (χ4v) is 2.19. The van der Waals surface area contributed by atoms with Crippen molar-refractivity contribution < 1.29 is 0 Å². The van der Waals surface area contributed by atoms with Gasteiger partial charge < -0.3 is 0 Å². The summed E-state index contributed by atoms with van der Waals surface area (Å²) in [5, 5.41) is 1.49. The molecule has 2 atom stereocenters. The molecule has 0 radical (unpaired) electrons. The first-order chi connectivity index (χ1) is 5.36. The molecule has 0 N–H and O–H groups in total. The molecule has 0 saturated carbocycles. The van der Waals surface area contributed by atoms with E-state index in [1.54, 1.807) is 0 Å². The lowest BCUT2D eigenvalue weighted by Gasteiger charge is -2.29. The Morgan fingerprint density at radius 3 is 2.42 bits per heavy atom. The molecule has 3 heteroatoms. The third-order valence-corrected chi connectivity index (χ3v) is 3.73. The van der Waals surface area contributed by atoms with E-state index >= 15 is 0 Å². The van der Waals surface area contributed by atoms with Gasteiger partial charge in [-0.15, -0.1) is 11.6 Å². The maximum Gasteiger partial charge on any atom is 0.0833 e. The van der Waals surface area contributed by atoms with Crippen molar-refractivity contribution in [3.8, 4) is 0 Å². The lowest BCUT2D eigenvalue weighted by molar-refractivity contribution is 0.775. The minimum absolute atomic E-state index is 0.0974. The molecular formula is C9H11Cl3. The van der Waals surface area contributed by atoms with Crippen molar-refractivity contribution in [2.24, 2.45) is 5.92 Å². The molecule has 0 aromatic heterocycles. The zero-order chi connectivity index (χ0) is 9.52. The normalized spacial score (nSPS) is 36.8. The first-order valence-corrected chi connectivity index (χ1v) is 4.93. The van der Waals surface area contributed by atoms with Crippen molar-refractivity contribution in [1.29, 1.82) is 0 Å². The van der Waals surface area contributed by atoms with Crippen molar-refractivity contribution >= 4 is 34.8 Å². The zero-order valence-corrected chi connectivity index (χ0v) is 9.56. The minimum atomic E-state index is -0.513. The quantitative estimate of drug-likeness (QED) is 0.540. The van der Waals surface area contributed by atoms with E-state index in [9.17, 15) is 0 Å². The second-order valence-corrected chi connectivity index (χ2v) is 4.93. The summed E-state index contributed by atoms with van der Waals surface area (Å²) in [5.74, 6) is 0.0974. The van der Waals surface area contributed by atoms with Crippen LogP contribution in [-0.2, 0) is 0 Å². The molecule has 2 unspecified atom stereocenters. The Kier molecular flexibility index (Phi) is 2.82. The SMILES string of the molecule is CC1=C(Cl)C(C)C(Cl)=CC1(C)Cl. The lowest BCUT2D eigenvalue weighted by Crippen LogP contribution is -2.22. The largest absolute Gasteiger partial charge is 0.110 e. The Morgan fingerprint density at radius 2 is 1.92 bits per heavy atom. The molecule has 0 aromatic rings. The zero-order valence-electron chi connectivity index (χ0n) is 7.29. The molecule has 0 nitrogen and oxygen atoms in total. The van der Waals surface area contributed by atoms with Gasteiger partial charge in [-0.2, -0.15) is 0 Å². The number of hydrogen-bond acceptors (Lipinski definition) is 0. The lowest BCUT2D eigenvalue weighted by atomic mass is 9.90. The van der Waals surface area contributed by atoms with Crippen molar-refractivity contribution in [2.45, 2.75) is 25.6 Å². The molecule has 1 aliphatic rings. The summed E-state index contributed by atoms with van der Waals surface area (Å²) in [6.45, 7) is 5.79. The van der Waals surface area contributed by atoms with Crippen LogP contribution < -0.4 is 0 Å². The summed E-state index contributed by atoms with van der Waals surface area (Å²) in [7, 11) is 0. The molecule has 12 heavy (non-hydrogen) atoms. The van der Waals surface area contributed by atoms with E-state index in [-0.39, 0.29) is 5.92 Å². The topological polar surface area (TPSA) is 0 Å². The van der Waals surface area contributed by atoms with Crippen LogP contribution in [0.25, 0.3) is 0 Å². The number of rotatable bonds is 0. The highest BCUT2D eigenvalue weighted by atomic mass is 35.5. The van der Waals surface area contributed by atoms with E-state index in [0.29, 0.717) is 0 Å². The average Bonchev–Trinajstić information content (AvgIpc) is 1.97. The summed E-state index contributed by atoms with van der Waals surface area (Å²) in [6, 6.07) is 0. The summed E-state index contributed by atoms with van der Waals surface area (Å²) < 4.78 is 0. The monoisotopic (exact) mass is 224 g/mol.